The Morgan fingerprint density at radius 2 is 2.29 bits per heavy atom. The van der Waals surface area contributed by atoms with Crippen LogP contribution in [0.3, 0.4) is 0 Å². The van der Waals surface area contributed by atoms with Crippen molar-refractivity contribution in [3.05, 3.63) is 34.6 Å². The summed E-state index contributed by atoms with van der Waals surface area (Å²) >= 11 is 5.57. The van der Waals surface area contributed by atoms with Gasteiger partial charge in [-0.1, -0.05) is 17.7 Å². The minimum Gasteiger partial charge on any atom is -0.465 e. The molecule has 0 amide bonds. The molecule has 0 aromatic heterocycles. The summed E-state index contributed by atoms with van der Waals surface area (Å²) in [6, 6.07) is 2.39. The first-order valence-corrected chi connectivity index (χ1v) is 5.40. The van der Waals surface area contributed by atoms with Gasteiger partial charge < -0.3 is 15.6 Å². The quantitative estimate of drug-likeness (QED) is 0.804. The number of hydrogen-bond acceptors (Lipinski definition) is 4. The molecule has 2 atom stereocenters. The number of aliphatic hydroxyl groups is 1. The minimum absolute atomic E-state index is 0.0880. The van der Waals surface area contributed by atoms with E-state index in [1.165, 1.54) is 12.1 Å². The molecule has 2 unspecified atom stereocenters. The molecule has 17 heavy (non-hydrogen) atoms. The first kappa shape index (κ1) is 13.9. The van der Waals surface area contributed by atoms with E-state index in [1.54, 1.807) is 6.92 Å². The SMILES string of the molecule is CCOC(=O)C(N)C(O)c1ccc(Cl)cc1F. The van der Waals surface area contributed by atoms with E-state index in [1.807, 2.05) is 0 Å². The summed E-state index contributed by atoms with van der Waals surface area (Å²) in [7, 11) is 0. The highest BCUT2D eigenvalue weighted by atomic mass is 35.5. The molecule has 0 aliphatic heterocycles. The van der Waals surface area contributed by atoms with Crippen LogP contribution in [-0.4, -0.2) is 23.7 Å². The van der Waals surface area contributed by atoms with Crippen molar-refractivity contribution in [3.63, 3.8) is 0 Å². The third-order valence-electron chi connectivity index (χ3n) is 2.18. The van der Waals surface area contributed by atoms with Crippen LogP contribution in [0.2, 0.25) is 5.02 Å². The number of carbonyl (C=O) groups is 1. The van der Waals surface area contributed by atoms with Crippen molar-refractivity contribution in [2.24, 2.45) is 5.73 Å². The molecule has 94 valence electrons. The zero-order valence-corrected chi connectivity index (χ0v) is 9.95. The Kier molecular flexibility index (Phi) is 4.86. The lowest BCUT2D eigenvalue weighted by Gasteiger charge is -2.18. The number of carbonyl (C=O) groups excluding carboxylic acids is 1. The molecule has 1 aromatic rings. The van der Waals surface area contributed by atoms with Crippen molar-refractivity contribution in [2.75, 3.05) is 6.61 Å². The fourth-order valence-electron chi connectivity index (χ4n) is 1.30. The average molecular weight is 262 g/mol. The second-order valence-corrected chi connectivity index (χ2v) is 3.82. The van der Waals surface area contributed by atoms with Gasteiger partial charge in [0.15, 0.2) is 0 Å². The smallest absolute Gasteiger partial charge is 0.325 e. The van der Waals surface area contributed by atoms with E-state index in [0.29, 0.717) is 0 Å². The molecule has 6 heteroatoms. The molecule has 1 aromatic carbocycles. The van der Waals surface area contributed by atoms with Gasteiger partial charge in [-0.05, 0) is 19.1 Å². The van der Waals surface area contributed by atoms with Crippen LogP contribution in [0.5, 0.6) is 0 Å². The van der Waals surface area contributed by atoms with Gasteiger partial charge in [-0.3, -0.25) is 4.79 Å². The summed E-state index contributed by atoms with van der Waals surface area (Å²) in [5.41, 5.74) is 5.37. The largest absolute Gasteiger partial charge is 0.465 e. The van der Waals surface area contributed by atoms with Gasteiger partial charge in [-0.15, -0.1) is 0 Å². The van der Waals surface area contributed by atoms with Crippen LogP contribution >= 0.6 is 11.6 Å². The third-order valence-corrected chi connectivity index (χ3v) is 2.42. The van der Waals surface area contributed by atoms with Gasteiger partial charge in [-0.2, -0.15) is 0 Å². The Morgan fingerprint density at radius 3 is 2.82 bits per heavy atom. The van der Waals surface area contributed by atoms with Gasteiger partial charge in [-0.25, -0.2) is 4.39 Å². The van der Waals surface area contributed by atoms with E-state index in [-0.39, 0.29) is 17.2 Å². The molecule has 0 radical (unpaired) electrons. The highest BCUT2D eigenvalue weighted by molar-refractivity contribution is 6.30. The van der Waals surface area contributed by atoms with E-state index < -0.39 is 23.9 Å². The third kappa shape index (κ3) is 3.39. The number of hydrogen-bond donors (Lipinski definition) is 2. The zero-order valence-electron chi connectivity index (χ0n) is 9.19. The Hall–Kier alpha value is -1.17. The molecule has 4 nitrogen and oxygen atoms in total. The average Bonchev–Trinajstić information content (AvgIpc) is 2.27. The summed E-state index contributed by atoms with van der Waals surface area (Å²) in [4.78, 5) is 11.3. The number of esters is 1. The van der Waals surface area contributed by atoms with Crippen molar-refractivity contribution < 1.29 is 19.0 Å². The monoisotopic (exact) mass is 261 g/mol. The fourth-order valence-corrected chi connectivity index (χ4v) is 1.46. The van der Waals surface area contributed by atoms with Crippen molar-refractivity contribution in [1.82, 2.24) is 0 Å². The molecule has 0 aliphatic carbocycles. The maximum atomic E-state index is 13.5. The molecule has 0 bridgehead atoms. The van der Waals surface area contributed by atoms with E-state index >= 15 is 0 Å². The van der Waals surface area contributed by atoms with Crippen LogP contribution in [0.15, 0.2) is 18.2 Å². The van der Waals surface area contributed by atoms with Crippen LogP contribution in [0, 0.1) is 5.82 Å². The summed E-state index contributed by atoms with van der Waals surface area (Å²) in [5, 5.41) is 9.95. The van der Waals surface area contributed by atoms with Crippen molar-refractivity contribution in [3.8, 4) is 0 Å². The lowest BCUT2D eigenvalue weighted by Crippen LogP contribution is -2.38. The normalized spacial score (nSPS) is 14.2. The summed E-state index contributed by atoms with van der Waals surface area (Å²) in [6.45, 7) is 1.75. The maximum absolute atomic E-state index is 13.5. The van der Waals surface area contributed by atoms with Gasteiger partial charge in [0.2, 0.25) is 0 Å². The van der Waals surface area contributed by atoms with E-state index in [0.717, 1.165) is 6.07 Å². The van der Waals surface area contributed by atoms with Gasteiger partial charge in [0, 0.05) is 10.6 Å². The van der Waals surface area contributed by atoms with Crippen molar-refractivity contribution in [1.29, 1.82) is 0 Å². The number of benzene rings is 1. The fraction of sp³-hybridized carbons (Fsp3) is 0.364. The van der Waals surface area contributed by atoms with Crippen LogP contribution in [0.4, 0.5) is 4.39 Å². The van der Waals surface area contributed by atoms with Crippen LogP contribution in [0.25, 0.3) is 0 Å². The van der Waals surface area contributed by atoms with Crippen LogP contribution in [-0.2, 0) is 9.53 Å². The second-order valence-electron chi connectivity index (χ2n) is 3.39. The molecule has 0 fully saturated rings. The number of halogens is 2. The number of aliphatic hydroxyl groups excluding tert-OH is 1. The molecule has 1 rings (SSSR count). The number of rotatable bonds is 4. The zero-order chi connectivity index (χ0) is 13.0. The predicted molar refractivity (Wildman–Crippen MR) is 61.0 cm³/mol. The lowest BCUT2D eigenvalue weighted by atomic mass is 10.0. The van der Waals surface area contributed by atoms with E-state index in [9.17, 15) is 14.3 Å². The van der Waals surface area contributed by atoms with Gasteiger partial charge >= 0.3 is 5.97 Å². The number of nitrogens with two attached hydrogens (primary N) is 1. The Labute approximate surface area is 103 Å². The first-order valence-electron chi connectivity index (χ1n) is 5.02. The summed E-state index contributed by atoms with van der Waals surface area (Å²) in [6.07, 6.45) is -1.47. The summed E-state index contributed by atoms with van der Waals surface area (Å²) in [5.74, 6) is -1.50. The van der Waals surface area contributed by atoms with E-state index in [4.69, 9.17) is 17.3 Å². The lowest BCUT2D eigenvalue weighted by molar-refractivity contribution is -0.147. The molecular formula is C11H13ClFNO3. The maximum Gasteiger partial charge on any atom is 0.325 e. The highest BCUT2D eigenvalue weighted by Gasteiger charge is 2.27. The van der Waals surface area contributed by atoms with Gasteiger partial charge in [0.25, 0.3) is 0 Å². The molecule has 0 heterocycles. The molecular weight excluding hydrogens is 249 g/mol. The topological polar surface area (TPSA) is 72.5 Å². The highest BCUT2D eigenvalue weighted by Crippen LogP contribution is 2.22. The molecule has 3 N–H and O–H groups in total. The Bertz CT molecular complexity index is 414. The Balaban J connectivity index is 2.88. The first-order chi connectivity index (χ1) is 7.97. The van der Waals surface area contributed by atoms with Crippen molar-refractivity contribution in [2.45, 2.75) is 19.1 Å². The second kappa shape index (κ2) is 5.95. The van der Waals surface area contributed by atoms with Crippen molar-refractivity contribution >= 4 is 17.6 Å². The number of ether oxygens (including phenoxy) is 1. The predicted octanol–water partition coefficient (Wildman–Crippen LogP) is 1.40. The van der Waals surface area contributed by atoms with Crippen LogP contribution in [0.1, 0.15) is 18.6 Å². The molecule has 0 saturated heterocycles. The molecule has 0 saturated carbocycles. The Morgan fingerprint density at radius 1 is 1.65 bits per heavy atom. The molecule has 0 aliphatic rings. The van der Waals surface area contributed by atoms with E-state index in [2.05, 4.69) is 4.74 Å². The van der Waals surface area contributed by atoms with Gasteiger partial charge in [0.1, 0.15) is 18.0 Å². The van der Waals surface area contributed by atoms with Crippen LogP contribution < -0.4 is 5.73 Å². The standard InChI is InChI=1S/C11H13ClFNO3/c1-2-17-11(16)9(14)10(15)7-4-3-6(12)5-8(7)13/h3-5,9-10,15H,2,14H2,1H3. The minimum atomic E-state index is -1.47. The van der Waals surface area contributed by atoms with Gasteiger partial charge in [0.05, 0.1) is 6.61 Å². The summed E-state index contributed by atoms with van der Waals surface area (Å²) < 4.78 is 18.1. The molecule has 0 spiro atoms.